The van der Waals surface area contributed by atoms with Gasteiger partial charge in [0.25, 0.3) is 0 Å². The summed E-state index contributed by atoms with van der Waals surface area (Å²) in [5, 5.41) is 0. The maximum absolute atomic E-state index is 11.2. The van der Waals surface area contributed by atoms with Gasteiger partial charge < -0.3 is 4.98 Å². The van der Waals surface area contributed by atoms with Crippen molar-refractivity contribution >= 4 is 0 Å². The standard InChI is InChI=1S/C14H14N2O/c17-14-6-12-9-16(10-13(12)7-15-14)8-11-4-2-1-3-5-11/h1-7H,8-10H2,(H,15,17). The molecule has 2 heterocycles. The second-order valence-electron chi connectivity index (χ2n) is 4.48. The van der Waals surface area contributed by atoms with Crippen LogP contribution in [0.3, 0.4) is 0 Å². The molecule has 17 heavy (non-hydrogen) atoms. The molecule has 1 N–H and O–H groups in total. The van der Waals surface area contributed by atoms with E-state index < -0.39 is 0 Å². The fraction of sp³-hybridized carbons (Fsp3) is 0.214. The summed E-state index contributed by atoms with van der Waals surface area (Å²) in [7, 11) is 0. The van der Waals surface area contributed by atoms with Gasteiger partial charge in [-0.2, -0.15) is 0 Å². The maximum atomic E-state index is 11.2. The van der Waals surface area contributed by atoms with Gasteiger partial charge in [-0.15, -0.1) is 0 Å². The predicted molar refractivity (Wildman–Crippen MR) is 66.5 cm³/mol. The number of aromatic nitrogens is 1. The van der Waals surface area contributed by atoms with E-state index in [2.05, 4.69) is 34.1 Å². The number of pyridine rings is 1. The van der Waals surface area contributed by atoms with Crippen molar-refractivity contribution in [2.24, 2.45) is 0 Å². The molecule has 1 aromatic heterocycles. The van der Waals surface area contributed by atoms with Crippen LogP contribution >= 0.6 is 0 Å². The van der Waals surface area contributed by atoms with Gasteiger partial charge in [0, 0.05) is 31.9 Å². The molecule has 0 saturated carbocycles. The minimum Gasteiger partial charge on any atom is -0.329 e. The highest BCUT2D eigenvalue weighted by Gasteiger charge is 2.18. The molecule has 0 saturated heterocycles. The fourth-order valence-electron chi connectivity index (χ4n) is 2.33. The number of hydrogen-bond acceptors (Lipinski definition) is 2. The third kappa shape index (κ3) is 2.15. The van der Waals surface area contributed by atoms with Crippen LogP contribution in [0.1, 0.15) is 16.7 Å². The molecule has 1 aliphatic heterocycles. The second-order valence-corrected chi connectivity index (χ2v) is 4.48. The first-order valence-corrected chi connectivity index (χ1v) is 5.78. The van der Waals surface area contributed by atoms with Crippen molar-refractivity contribution in [2.45, 2.75) is 19.6 Å². The number of H-pyrrole nitrogens is 1. The van der Waals surface area contributed by atoms with Crippen LogP contribution in [-0.4, -0.2) is 9.88 Å². The van der Waals surface area contributed by atoms with Crippen LogP contribution in [0.2, 0.25) is 0 Å². The lowest BCUT2D eigenvalue weighted by atomic mass is 10.2. The fourth-order valence-corrected chi connectivity index (χ4v) is 2.33. The van der Waals surface area contributed by atoms with E-state index in [1.165, 1.54) is 11.1 Å². The first-order valence-electron chi connectivity index (χ1n) is 5.78. The monoisotopic (exact) mass is 226 g/mol. The van der Waals surface area contributed by atoms with Crippen LogP contribution in [0.25, 0.3) is 0 Å². The molecule has 0 amide bonds. The highest BCUT2D eigenvalue weighted by Crippen LogP contribution is 2.21. The summed E-state index contributed by atoms with van der Waals surface area (Å²) in [6.07, 6.45) is 1.84. The third-order valence-corrected chi connectivity index (χ3v) is 3.14. The average Bonchev–Trinajstić information content (AvgIpc) is 2.71. The van der Waals surface area contributed by atoms with E-state index in [0.29, 0.717) is 0 Å². The van der Waals surface area contributed by atoms with Gasteiger partial charge in [-0.1, -0.05) is 30.3 Å². The summed E-state index contributed by atoms with van der Waals surface area (Å²) in [6.45, 7) is 2.72. The zero-order chi connectivity index (χ0) is 11.7. The molecule has 86 valence electrons. The largest absolute Gasteiger partial charge is 0.329 e. The molecule has 1 aliphatic rings. The molecule has 0 fully saturated rings. The molecule has 0 radical (unpaired) electrons. The van der Waals surface area contributed by atoms with Gasteiger partial charge >= 0.3 is 0 Å². The Bertz CT molecular complexity index is 574. The van der Waals surface area contributed by atoms with Gasteiger partial charge in [0.1, 0.15) is 0 Å². The second kappa shape index (κ2) is 4.18. The Kier molecular flexibility index (Phi) is 2.53. The highest BCUT2D eigenvalue weighted by atomic mass is 16.1. The van der Waals surface area contributed by atoms with Crippen LogP contribution in [0.4, 0.5) is 0 Å². The van der Waals surface area contributed by atoms with Gasteiger partial charge in [-0.3, -0.25) is 9.69 Å². The number of fused-ring (bicyclic) bond motifs is 1. The van der Waals surface area contributed by atoms with E-state index in [1.807, 2.05) is 12.3 Å². The Morgan fingerprint density at radius 3 is 2.71 bits per heavy atom. The third-order valence-electron chi connectivity index (χ3n) is 3.14. The van der Waals surface area contributed by atoms with Crippen LogP contribution in [-0.2, 0) is 19.6 Å². The summed E-state index contributed by atoms with van der Waals surface area (Å²) >= 11 is 0. The number of benzene rings is 1. The summed E-state index contributed by atoms with van der Waals surface area (Å²) in [6, 6.07) is 12.1. The topological polar surface area (TPSA) is 36.1 Å². The molecule has 0 aliphatic carbocycles. The number of hydrogen-bond donors (Lipinski definition) is 1. The number of nitrogens with one attached hydrogen (secondary N) is 1. The van der Waals surface area contributed by atoms with Gasteiger partial charge in [0.05, 0.1) is 0 Å². The molecule has 1 aromatic carbocycles. The number of aromatic amines is 1. The van der Waals surface area contributed by atoms with Crippen molar-refractivity contribution in [3.05, 3.63) is 69.6 Å². The molecule has 3 nitrogen and oxygen atoms in total. The van der Waals surface area contributed by atoms with Crippen molar-refractivity contribution < 1.29 is 0 Å². The first-order chi connectivity index (χ1) is 8.31. The molecule has 3 heteroatoms. The minimum atomic E-state index is -0.00897. The van der Waals surface area contributed by atoms with Gasteiger partial charge in [-0.05, 0) is 16.7 Å². The predicted octanol–water partition coefficient (Wildman–Crippen LogP) is 1.89. The molecule has 0 atom stereocenters. The van der Waals surface area contributed by atoms with Gasteiger partial charge in [0.15, 0.2) is 0 Å². The number of nitrogens with zero attached hydrogens (tertiary/aromatic N) is 1. The Labute approximate surface area is 99.7 Å². The maximum Gasteiger partial charge on any atom is 0.248 e. The van der Waals surface area contributed by atoms with Gasteiger partial charge in [-0.25, -0.2) is 0 Å². The Morgan fingerprint density at radius 1 is 1.12 bits per heavy atom. The number of rotatable bonds is 2. The van der Waals surface area contributed by atoms with Crippen molar-refractivity contribution in [1.82, 2.24) is 9.88 Å². The van der Waals surface area contributed by atoms with Crippen LogP contribution < -0.4 is 5.56 Å². The van der Waals surface area contributed by atoms with Crippen molar-refractivity contribution in [1.29, 1.82) is 0 Å². The minimum absolute atomic E-state index is 0.00897. The molecule has 0 unspecified atom stereocenters. The lowest BCUT2D eigenvalue weighted by Gasteiger charge is -2.14. The first kappa shape index (κ1) is 10.3. The molecule has 3 rings (SSSR count). The molecule has 0 bridgehead atoms. The smallest absolute Gasteiger partial charge is 0.248 e. The summed E-state index contributed by atoms with van der Waals surface area (Å²) < 4.78 is 0. The molecule has 0 spiro atoms. The van der Waals surface area contributed by atoms with Crippen molar-refractivity contribution in [3.8, 4) is 0 Å². The van der Waals surface area contributed by atoms with Crippen molar-refractivity contribution in [2.75, 3.05) is 0 Å². The van der Waals surface area contributed by atoms with Crippen LogP contribution in [0.5, 0.6) is 0 Å². The van der Waals surface area contributed by atoms with E-state index in [-0.39, 0.29) is 5.56 Å². The van der Waals surface area contributed by atoms with E-state index in [9.17, 15) is 4.79 Å². The van der Waals surface area contributed by atoms with Crippen LogP contribution in [0, 0.1) is 0 Å². The zero-order valence-corrected chi connectivity index (χ0v) is 9.52. The SMILES string of the molecule is O=c1cc2c(c[nH]1)CN(Cc1ccccc1)C2. The average molecular weight is 226 g/mol. The van der Waals surface area contributed by atoms with Crippen molar-refractivity contribution in [3.63, 3.8) is 0 Å². The Morgan fingerprint density at radius 2 is 1.88 bits per heavy atom. The summed E-state index contributed by atoms with van der Waals surface area (Å²) in [5.74, 6) is 0. The lowest BCUT2D eigenvalue weighted by molar-refractivity contribution is 0.275. The van der Waals surface area contributed by atoms with E-state index >= 15 is 0 Å². The van der Waals surface area contributed by atoms with Gasteiger partial charge in [0.2, 0.25) is 5.56 Å². The summed E-state index contributed by atoms with van der Waals surface area (Å²) in [5.41, 5.74) is 3.70. The molecular weight excluding hydrogens is 212 g/mol. The quantitative estimate of drug-likeness (QED) is 0.849. The van der Waals surface area contributed by atoms with E-state index in [1.54, 1.807) is 6.07 Å². The molecule has 2 aromatic rings. The lowest BCUT2D eigenvalue weighted by Crippen LogP contribution is -2.15. The Hall–Kier alpha value is -1.87. The molecular formula is C14H14N2O. The normalized spacial score (nSPS) is 14.8. The van der Waals surface area contributed by atoms with E-state index in [0.717, 1.165) is 25.2 Å². The zero-order valence-electron chi connectivity index (χ0n) is 9.52. The highest BCUT2D eigenvalue weighted by molar-refractivity contribution is 5.27. The summed E-state index contributed by atoms with van der Waals surface area (Å²) in [4.78, 5) is 16.3. The Balaban J connectivity index is 1.76. The van der Waals surface area contributed by atoms with Crippen LogP contribution in [0.15, 0.2) is 47.4 Å². The van der Waals surface area contributed by atoms with E-state index in [4.69, 9.17) is 0 Å².